The van der Waals surface area contributed by atoms with Crippen LogP contribution in [0, 0.1) is 11.3 Å². The molecule has 0 N–H and O–H groups in total. The summed E-state index contributed by atoms with van der Waals surface area (Å²) in [5.41, 5.74) is 0.373. The largest absolute Gasteiger partial charge is 0.302 e. The molecule has 92 valence electrons. The van der Waals surface area contributed by atoms with Gasteiger partial charge in [0.2, 0.25) is 0 Å². The molecule has 1 saturated carbocycles. The quantitative estimate of drug-likeness (QED) is 0.691. The van der Waals surface area contributed by atoms with Crippen molar-refractivity contribution in [3.8, 4) is 6.07 Å². The van der Waals surface area contributed by atoms with Crippen molar-refractivity contribution in [2.24, 2.45) is 0 Å². The molecule has 1 unspecified atom stereocenters. The topological polar surface area (TPSA) is 30.3 Å². The molecule has 0 amide bonds. The van der Waals surface area contributed by atoms with Gasteiger partial charge in [0.25, 0.3) is 0 Å². The Morgan fingerprint density at radius 1 is 1.31 bits per heavy atom. The van der Waals surface area contributed by atoms with Crippen LogP contribution in [0.25, 0.3) is 0 Å². The van der Waals surface area contributed by atoms with Crippen molar-refractivity contribution in [1.29, 1.82) is 5.26 Å². The molecule has 0 aromatic carbocycles. The molecule has 3 nitrogen and oxygen atoms in total. The standard InChI is InChI=1S/C13H25N3/c1-5-12(7-10-14)16(4)11-13(15(2)3)8-6-9-13/h12H,5-9,11H2,1-4H3. The lowest BCUT2D eigenvalue weighted by atomic mass is 9.75. The van der Waals surface area contributed by atoms with Crippen LogP contribution in [0.3, 0.4) is 0 Å². The molecule has 0 heterocycles. The number of nitriles is 1. The van der Waals surface area contributed by atoms with Gasteiger partial charge in [0.05, 0.1) is 12.5 Å². The third-order valence-corrected chi connectivity index (χ3v) is 4.20. The van der Waals surface area contributed by atoms with Gasteiger partial charge in [-0.15, -0.1) is 0 Å². The third kappa shape index (κ3) is 2.75. The predicted octanol–water partition coefficient (Wildman–Crippen LogP) is 2.09. The molecule has 16 heavy (non-hydrogen) atoms. The highest BCUT2D eigenvalue weighted by Crippen LogP contribution is 2.37. The van der Waals surface area contributed by atoms with Gasteiger partial charge >= 0.3 is 0 Å². The molecule has 3 heteroatoms. The van der Waals surface area contributed by atoms with Gasteiger partial charge in [0.15, 0.2) is 0 Å². The number of hydrogen-bond acceptors (Lipinski definition) is 3. The Balaban J connectivity index is 2.54. The van der Waals surface area contributed by atoms with Gasteiger partial charge in [0, 0.05) is 18.1 Å². The van der Waals surface area contributed by atoms with Gasteiger partial charge in [-0.2, -0.15) is 5.26 Å². The first-order valence-corrected chi connectivity index (χ1v) is 6.30. The first-order chi connectivity index (χ1) is 7.55. The Bertz CT molecular complexity index is 250. The Kier molecular flexibility index (Phi) is 4.76. The highest BCUT2D eigenvalue weighted by atomic mass is 15.2. The fourth-order valence-corrected chi connectivity index (χ4v) is 2.64. The van der Waals surface area contributed by atoms with Crippen molar-refractivity contribution in [2.45, 2.75) is 50.6 Å². The molecule has 0 aromatic rings. The van der Waals surface area contributed by atoms with E-state index >= 15 is 0 Å². The van der Waals surface area contributed by atoms with Crippen molar-refractivity contribution in [2.75, 3.05) is 27.7 Å². The van der Waals surface area contributed by atoms with E-state index < -0.39 is 0 Å². The van der Waals surface area contributed by atoms with Crippen LogP contribution in [0.5, 0.6) is 0 Å². The molecule has 0 aliphatic heterocycles. The number of nitrogens with zero attached hydrogens (tertiary/aromatic N) is 3. The zero-order valence-corrected chi connectivity index (χ0v) is 11.2. The van der Waals surface area contributed by atoms with Crippen LogP contribution in [-0.4, -0.2) is 49.1 Å². The van der Waals surface area contributed by atoms with E-state index in [1.165, 1.54) is 19.3 Å². The summed E-state index contributed by atoms with van der Waals surface area (Å²) in [5, 5.41) is 8.81. The highest BCUT2D eigenvalue weighted by Gasteiger charge is 2.40. The molecule has 0 saturated heterocycles. The number of rotatable bonds is 6. The SMILES string of the molecule is CCC(CC#N)N(C)CC1(N(C)C)CCC1. The Labute approximate surface area is 100 Å². The van der Waals surface area contributed by atoms with Crippen molar-refractivity contribution < 1.29 is 0 Å². The Morgan fingerprint density at radius 3 is 2.25 bits per heavy atom. The van der Waals surface area contributed by atoms with Crippen LogP contribution in [-0.2, 0) is 0 Å². The van der Waals surface area contributed by atoms with Gasteiger partial charge in [0.1, 0.15) is 0 Å². The van der Waals surface area contributed by atoms with E-state index in [1.54, 1.807) is 0 Å². The second-order valence-corrected chi connectivity index (χ2v) is 5.31. The molecule has 1 atom stereocenters. The minimum atomic E-state index is 0.373. The van der Waals surface area contributed by atoms with Gasteiger partial charge in [-0.1, -0.05) is 6.92 Å². The highest BCUT2D eigenvalue weighted by molar-refractivity contribution is 4.99. The summed E-state index contributed by atoms with van der Waals surface area (Å²) in [4.78, 5) is 4.74. The summed E-state index contributed by atoms with van der Waals surface area (Å²) in [5.74, 6) is 0. The zero-order chi connectivity index (χ0) is 12.2. The van der Waals surface area contributed by atoms with Crippen molar-refractivity contribution in [3.63, 3.8) is 0 Å². The summed E-state index contributed by atoms with van der Waals surface area (Å²) >= 11 is 0. The van der Waals surface area contributed by atoms with E-state index in [0.29, 0.717) is 18.0 Å². The molecule has 0 bridgehead atoms. The molecule has 1 fully saturated rings. The van der Waals surface area contributed by atoms with Gasteiger partial charge in [-0.3, -0.25) is 0 Å². The van der Waals surface area contributed by atoms with Crippen LogP contribution < -0.4 is 0 Å². The lowest BCUT2D eigenvalue weighted by Gasteiger charge is -2.50. The average Bonchev–Trinajstić information content (AvgIpc) is 2.18. The molecule has 1 aliphatic carbocycles. The number of hydrogen-bond donors (Lipinski definition) is 0. The van der Waals surface area contributed by atoms with Crippen LogP contribution in [0.4, 0.5) is 0 Å². The summed E-state index contributed by atoms with van der Waals surface area (Å²) < 4.78 is 0. The van der Waals surface area contributed by atoms with Crippen molar-refractivity contribution in [1.82, 2.24) is 9.80 Å². The Morgan fingerprint density at radius 2 is 1.94 bits per heavy atom. The van der Waals surface area contributed by atoms with Gasteiger partial charge in [-0.05, 0) is 46.8 Å². The minimum Gasteiger partial charge on any atom is -0.302 e. The summed E-state index contributed by atoms with van der Waals surface area (Å²) in [6.07, 6.45) is 5.66. The predicted molar refractivity (Wildman–Crippen MR) is 67.2 cm³/mol. The Hall–Kier alpha value is -0.590. The zero-order valence-electron chi connectivity index (χ0n) is 11.2. The third-order valence-electron chi connectivity index (χ3n) is 4.20. The van der Waals surface area contributed by atoms with Gasteiger partial charge < -0.3 is 9.80 Å². The fourth-order valence-electron chi connectivity index (χ4n) is 2.64. The van der Waals surface area contributed by atoms with Crippen LogP contribution in [0.1, 0.15) is 39.0 Å². The van der Waals surface area contributed by atoms with Crippen LogP contribution in [0.15, 0.2) is 0 Å². The second kappa shape index (κ2) is 5.65. The van der Waals surface area contributed by atoms with E-state index in [4.69, 9.17) is 5.26 Å². The van der Waals surface area contributed by atoms with Crippen molar-refractivity contribution in [3.05, 3.63) is 0 Å². The summed E-state index contributed by atoms with van der Waals surface area (Å²) in [6.45, 7) is 3.27. The first-order valence-electron chi connectivity index (χ1n) is 6.30. The van der Waals surface area contributed by atoms with E-state index in [0.717, 1.165) is 13.0 Å². The number of likely N-dealkylation sites (N-methyl/N-ethyl adjacent to an activating group) is 2. The van der Waals surface area contributed by atoms with Crippen LogP contribution in [0.2, 0.25) is 0 Å². The molecule has 0 aromatic heterocycles. The fraction of sp³-hybridized carbons (Fsp3) is 0.923. The maximum atomic E-state index is 8.81. The monoisotopic (exact) mass is 223 g/mol. The molecular weight excluding hydrogens is 198 g/mol. The first kappa shape index (κ1) is 13.5. The van der Waals surface area contributed by atoms with Gasteiger partial charge in [-0.25, -0.2) is 0 Å². The molecule has 0 spiro atoms. The summed E-state index contributed by atoms with van der Waals surface area (Å²) in [6, 6.07) is 2.71. The maximum Gasteiger partial charge on any atom is 0.0638 e. The van der Waals surface area contributed by atoms with E-state index in [2.05, 4.69) is 43.9 Å². The molecule has 0 radical (unpaired) electrons. The second-order valence-electron chi connectivity index (χ2n) is 5.31. The molecule has 1 aliphatic rings. The minimum absolute atomic E-state index is 0.373. The van der Waals surface area contributed by atoms with E-state index in [9.17, 15) is 0 Å². The van der Waals surface area contributed by atoms with Crippen molar-refractivity contribution >= 4 is 0 Å². The maximum absolute atomic E-state index is 8.81. The normalized spacial score (nSPS) is 20.6. The van der Waals surface area contributed by atoms with Crippen LogP contribution >= 0.6 is 0 Å². The average molecular weight is 223 g/mol. The van der Waals surface area contributed by atoms with E-state index in [1.807, 2.05) is 0 Å². The lowest BCUT2D eigenvalue weighted by molar-refractivity contribution is 0.0161. The smallest absolute Gasteiger partial charge is 0.0638 e. The van der Waals surface area contributed by atoms with E-state index in [-0.39, 0.29) is 0 Å². The lowest BCUT2D eigenvalue weighted by Crippen LogP contribution is -2.57. The molecule has 1 rings (SSSR count). The summed E-state index contributed by atoms with van der Waals surface area (Å²) in [7, 11) is 6.52. The molecular formula is C13H25N3.